The first-order chi connectivity index (χ1) is 16.0. The Labute approximate surface area is 195 Å². The summed E-state index contributed by atoms with van der Waals surface area (Å²) in [6, 6.07) is 4.67. The highest BCUT2D eigenvalue weighted by Crippen LogP contribution is 2.06. The quantitative estimate of drug-likeness (QED) is 0.139. The largest absolute Gasteiger partial charge is 0.480 e. The van der Waals surface area contributed by atoms with Crippen LogP contribution in [0.3, 0.4) is 0 Å². The van der Waals surface area contributed by atoms with Gasteiger partial charge in [0.1, 0.15) is 18.1 Å². The molecule has 0 radical (unpaired) electrons. The van der Waals surface area contributed by atoms with E-state index in [0.717, 1.165) is 0 Å². The molecule has 1 aromatic rings. The Kier molecular flexibility index (Phi) is 11.7. The average Bonchev–Trinajstić information content (AvgIpc) is 2.78. The molecule has 1 aromatic carbocycles. The summed E-state index contributed by atoms with van der Waals surface area (Å²) < 4.78 is 0. The van der Waals surface area contributed by atoms with Crippen LogP contribution in [0.15, 0.2) is 30.3 Å². The van der Waals surface area contributed by atoms with Gasteiger partial charge in [0.2, 0.25) is 29.5 Å². The van der Waals surface area contributed by atoms with Gasteiger partial charge in [0.15, 0.2) is 0 Å². The molecule has 1 rings (SSSR count). The van der Waals surface area contributed by atoms with Gasteiger partial charge >= 0.3 is 5.97 Å². The van der Waals surface area contributed by atoms with Crippen LogP contribution in [0.4, 0.5) is 0 Å². The number of nitrogens with two attached hydrogens (primary N) is 3. The van der Waals surface area contributed by atoms with Crippen LogP contribution in [0, 0.1) is 0 Å². The van der Waals surface area contributed by atoms with Gasteiger partial charge in [-0.2, -0.15) is 0 Å². The second-order valence-corrected chi connectivity index (χ2v) is 7.48. The lowest BCUT2D eigenvalue weighted by molar-refractivity contribution is -0.142. The van der Waals surface area contributed by atoms with Crippen LogP contribution in [0.5, 0.6) is 0 Å². The van der Waals surface area contributed by atoms with Gasteiger partial charge in [-0.05, 0) is 18.4 Å². The Hall–Kier alpha value is -4.00. The lowest BCUT2D eigenvalue weighted by Crippen LogP contribution is -2.56. The molecule has 3 atom stereocenters. The van der Waals surface area contributed by atoms with Crippen LogP contribution < -0.4 is 33.2 Å². The third-order valence-electron chi connectivity index (χ3n) is 4.73. The SMILES string of the molecule is NCC(=O)NC(CCC(N)=O)C(=O)NC(CCC(N)=O)C(=O)NC(Cc1ccccc1)C(=O)O. The number of primary amides is 2. The van der Waals surface area contributed by atoms with Gasteiger partial charge in [-0.25, -0.2) is 4.79 Å². The van der Waals surface area contributed by atoms with Gasteiger partial charge in [0, 0.05) is 19.3 Å². The van der Waals surface area contributed by atoms with Crippen molar-refractivity contribution in [3.63, 3.8) is 0 Å². The minimum absolute atomic E-state index is 0.0216. The molecule has 13 nitrogen and oxygen atoms in total. The van der Waals surface area contributed by atoms with E-state index in [1.165, 1.54) is 0 Å². The van der Waals surface area contributed by atoms with Crippen LogP contribution in [-0.2, 0) is 35.2 Å². The van der Waals surface area contributed by atoms with Crippen molar-refractivity contribution in [2.75, 3.05) is 6.54 Å². The number of hydrogen-bond donors (Lipinski definition) is 7. The minimum Gasteiger partial charge on any atom is -0.480 e. The fourth-order valence-corrected chi connectivity index (χ4v) is 2.96. The molecular weight excluding hydrogens is 448 g/mol. The molecule has 10 N–H and O–H groups in total. The average molecular weight is 479 g/mol. The van der Waals surface area contributed by atoms with Crippen molar-refractivity contribution in [3.8, 4) is 0 Å². The topological polar surface area (TPSA) is 237 Å². The van der Waals surface area contributed by atoms with Gasteiger partial charge in [-0.3, -0.25) is 24.0 Å². The minimum atomic E-state index is -1.34. The molecule has 186 valence electrons. The molecule has 34 heavy (non-hydrogen) atoms. The molecular formula is C21H30N6O7. The van der Waals surface area contributed by atoms with Crippen LogP contribution in [-0.4, -0.2) is 65.3 Å². The Morgan fingerprint density at radius 1 is 0.765 bits per heavy atom. The maximum absolute atomic E-state index is 12.8. The maximum atomic E-state index is 12.8. The van der Waals surface area contributed by atoms with Gasteiger partial charge in [-0.1, -0.05) is 30.3 Å². The van der Waals surface area contributed by atoms with Crippen molar-refractivity contribution >= 4 is 35.5 Å². The fraction of sp³-hybridized carbons (Fsp3) is 0.429. The number of hydrogen-bond acceptors (Lipinski definition) is 7. The van der Waals surface area contributed by atoms with Gasteiger partial charge in [0.05, 0.1) is 6.54 Å². The molecule has 0 aliphatic carbocycles. The third kappa shape index (κ3) is 10.5. The zero-order valence-electron chi connectivity index (χ0n) is 18.5. The summed E-state index contributed by atoms with van der Waals surface area (Å²) >= 11 is 0. The van der Waals surface area contributed by atoms with E-state index in [-0.39, 0.29) is 32.1 Å². The molecule has 0 aliphatic rings. The first-order valence-corrected chi connectivity index (χ1v) is 10.5. The first-order valence-electron chi connectivity index (χ1n) is 10.5. The Morgan fingerprint density at radius 2 is 1.24 bits per heavy atom. The van der Waals surface area contributed by atoms with E-state index in [2.05, 4.69) is 16.0 Å². The van der Waals surface area contributed by atoms with E-state index in [9.17, 15) is 33.9 Å². The molecule has 5 amide bonds. The maximum Gasteiger partial charge on any atom is 0.326 e. The predicted octanol–water partition coefficient (Wildman–Crippen LogP) is -2.74. The molecule has 0 fully saturated rings. The Morgan fingerprint density at radius 3 is 1.68 bits per heavy atom. The Balaban J connectivity index is 3.00. The molecule has 0 saturated heterocycles. The summed E-state index contributed by atoms with van der Waals surface area (Å²) in [6.07, 6.45) is -0.928. The lowest BCUT2D eigenvalue weighted by Gasteiger charge is -2.24. The summed E-state index contributed by atoms with van der Waals surface area (Å²) in [5.41, 5.74) is 16.2. The zero-order valence-corrected chi connectivity index (χ0v) is 18.5. The molecule has 0 spiro atoms. The number of carboxylic acids is 1. The number of rotatable bonds is 15. The second kappa shape index (κ2) is 14.2. The van der Waals surface area contributed by atoms with E-state index >= 15 is 0 Å². The van der Waals surface area contributed by atoms with Crippen molar-refractivity contribution in [1.29, 1.82) is 0 Å². The highest BCUT2D eigenvalue weighted by atomic mass is 16.4. The second-order valence-electron chi connectivity index (χ2n) is 7.48. The van der Waals surface area contributed by atoms with Crippen molar-refractivity contribution in [2.24, 2.45) is 17.2 Å². The standard InChI is InChI=1S/C21H30N6O7/c22-11-18(30)25-13(6-8-16(23)28)19(31)26-14(7-9-17(24)29)20(32)27-15(21(33)34)10-12-4-2-1-3-5-12/h1-5,13-15H,6-11,22H2,(H2,23,28)(H2,24,29)(H,25,30)(H,26,31)(H,27,32)(H,33,34). The van der Waals surface area contributed by atoms with Gasteiger partial charge in [-0.15, -0.1) is 0 Å². The smallest absolute Gasteiger partial charge is 0.326 e. The zero-order chi connectivity index (χ0) is 25.7. The first kappa shape index (κ1) is 28.0. The van der Waals surface area contributed by atoms with Crippen molar-refractivity contribution in [2.45, 2.75) is 50.2 Å². The summed E-state index contributed by atoms with van der Waals surface area (Å²) in [7, 11) is 0. The summed E-state index contributed by atoms with van der Waals surface area (Å²) in [5, 5.41) is 16.6. The van der Waals surface area contributed by atoms with Crippen molar-refractivity contribution in [3.05, 3.63) is 35.9 Å². The van der Waals surface area contributed by atoms with Crippen LogP contribution >= 0.6 is 0 Å². The molecule has 0 aromatic heterocycles. The highest BCUT2D eigenvalue weighted by molar-refractivity contribution is 5.94. The van der Waals surface area contributed by atoms with Gasteiger partial charge in [0.25, 0.3) is 0 Å². The molecule has 0 bridgehead atoms. The van der Waals surface area contributed by atoms with Crippen LogP contribution in [0.2, 0.25) is 0 Å². The number of nitrogens with one attached hydrogen (secondary N) is 3. The normalized spacial score (nSPS) is 13.1. The van der Waals surface area contributed by atoms with Crippen LogP contribution in [0.1, 0.15) is 31.2 Å². The molecule has 0 heterocycles. The van der Waals surface area contributed by atoms with E-state index in [0.29, 0.717) is 5.56 Å². The van der Waals surface area contributed by atoms with Crippen LogP contribution in [0.25, 0.3) is 0 Å². The molecule has 13 heteroatoms. The number of amides is 5. The number of benzene rings is 1. The summed E-state index contributed by atoms with van der Waals surface area (Å²) in [5.74, 6) is -5.15. The Bertz CT molecular complexity index is 893. The van der Waals surface area contributed by atoms with Crippen molar-refractivity contribution in [1.82, 2.24) is 16.0 Å². The lowest BCUT2D eigenvalue weighted by atomic mass is 10.0. The summed E-state index contributed by atoms with van der Waals surface area (Å²) in [6.45, 7) is -0.425. The summed E-state index contributed by atoms with van der Waals surface area (Å²) in [4.78, 5) is 71.3. The predicted molar refractivity (Wildman–Crippen MR) is 119 cm³/mol. The van der Waals surface area contributed by atoms with E-state index in [4.69, 9.17) is 17.2 Å². The van der Waals surface area contributed by atoms with E-state index < -0.39 is 60.2 Å². The highest BCUT2D eigenvalue weighted by Gasteiger charge is 2.30. The number of carboxylic acid groups (broad SMARTS) is 1. The van der Waals surface area contributed by atoms with E-state index in [1.807, 2.05) is 0 Å². The third-order valence-corrected chi connectivity index (χ3v) is 4.73. The number of aliphatic carboxylic acids is 1. The monoisotopic (exact) mass is 478 g/mol. The van der Waals surface area contributed by atoms with Crippen molar-refractivity contribution < 1.29 is 33.9 Å². The fourth-order valence-electron chi connectivity index (χ4n) is 2.96. The number of carbonyl (C=O) groups is 6. The number of carbonyl (C=O) groups excluding carboxylic acids is 5. The van der Waals surface area contributed by atoms with E-state index in [1.54, 1.807) is 30.3 Å². The molecule has 3 unspecified atom stereocenters. The van der Waals surface area contributed by atoms with Gasteiger partial charge < -0.3 is 38.3 Å². The molecule has 0 saturated carbocycles. The molecule has 0 aliphatic heterocycles.